The molecule has 1 aromatic rings. The molecule has 0 radical (unpaired) electrons. The van der Waals surface area contributed by atoms with Crippen molar-refractivity contribution in [2.45, 2.75) is 39.2 Å². The van der Waals surface area contributed by atoms with Crippen LogP contribution in [-0.2, 0) is 21.1 Å². The minimum atomic E-state index is -2.91. The number of rotatable bonds is 4. The van der Waals surface area contributed by atoms with Gasteiger partial charge >= 0.3 is 5.97 Å². The standard InChI is InChI=1S/C13H19NO4S/c1-9-7-11(3-4-13(15)16)10(2)14(9)12-5-6-19(17,18)8-12/h7,12H,3-6,8H2,1-2H3,(H,15,16). The fraction of sp³-hybridized carbons (Fsp3) is 0.615. The van der Waals surface area contributed by atoms with Crippen molar-refractivity contribution in [3.05, 3.63) is 23.0 Å². The summed E-state index contributed by atoms with van der Waals surface area (Å²) in [6.07, 6.45) is 1.25. The first kappa shape index (κ1) is 14.1. The van der Waals surface area contributed by atoms with E-state index in [9.17, 15) is 13.2 Å². The average molecular weight is 285 g/mol. The Kier molecular flexibility index (Phi) is 3.71. The molecule has 1 atom stereocenters. The SMILES string of the molecule is Cc1cc(CCC(=O)O)c(C)n1C1CCS(=O)(=O)C1. The van der Waals surface area contributed by atoms with Crippen LogP contribution in [0.25, 0.3) is 0 Å². The van der Waals surface area contributed by atoms with Crippen molar-refractivity contribution in [1.29, 1.82) is 0 Å². The van der Waals surface area contributed by atoms with Crippen molar-refractivity contribution in [2.75, 3.05) is 11.5 Å². The molecule has 0 aliphatic carbocycles. The van der Waals surface area contributed by atoms with Crippen molar-refractivity contribution >= 4 is 15.8 Å². The zero-order valence-corrected chi connectivity index (χ0v) is 12.0. The van der Waals surface area contributed by atoms with Gasteiger partial charge in [0.05, 0.1) is 11.5 Å². The van der Waals surface area contributed by atoms with Crippen LogP contribution >= 0.6 is 0 Å². The van der Waals surface area contributed by atoms with E-state index in [1.165, 1.54) is 0 Å². The van der Waals surface area contributed by atoms with Crippen LogP contribution in [0.4, 0.5) is 0 Å². The second kappa shape index (κ2) is 5.00. The van der Waals surface area contributed by atoms with Crippen LogP contribution in [0, 0.1) is 13.8 Å². The van der Waals surface area contributed by atoms with Crippen LogP contribution in [0.3, 0.4) is 0 Å². The molecule has 0 bridgehead atoms. The number of sulfone groups is 1. The molecule has 19 heavy (non-hydrogen) atoms. The van der Waals surface area contributed by atoms with E-state index in [0.717, 1.165) is 17.0 Å². The molecule has 1 unspecified atom stereocenters. The lowest BCUT2D eigenvalue weighted by Crippen LogP contribution is -2.14. The van der Waals surface area contributed by atoms with E-state index in [0.29, 0.717) is 12.8 Å². The van der Waals surface area contributed by atoms with Crippen LogP contribution in [0.1, 0.15) is 35.8 Å². The summed E-state index contributed by atoms with van der Waals surface area (Å²) in [4.78, 5) is 10.6. The van der Waals surface area contributed by atoms with E-state index in [2.05, 4.69) is 4.57 Å². The van der Waals surface area contributed by atoms with Gasteiger partial charge in [0.15, 0.2) is 9.84 Å². The summed E-state index contributed by atoms with van der Waals surface area (Å²) >= 11 is 0. The lowest BCUT2D eigenvalue weighted by Gasteiger charge is -2.16. The molecule has 1 aliphatic rings. The van der Waals surface area contributed by atoms with E-state index in [1.807, 2.05) is 19.9 Å². The lowest BCUT2D eigenvalue weighted by molar-refractivity contribution is -0.136. The Hall–Kier alpha value is -1.30. The minimum Gasteiger partial charge on any atom is -0.481 e. The Bertz CT molecular complexity index is 600. The number of hydrogen-bond donors (Lipinski definition) is 1. The maximum Gasteiger partial charge on any atom is 0.303 e. The second-order valence-electron chi connectivity index (χ2n) is 5.22. The Labute approximate surface area is 113 Å². The summed E-state index contributed by atoms with van der Waals surface area (Å²) in [5, 5.41) is 8.74. The van der Waals surface area contributed by atoms with Crippen molar-refractivity contribution < 1.29 is 18.3 Å². The molecule has 6 heteroatoms. The Morgan fingerprint density at radius 3 is 2.68 bits per heavy atom. The normalized spacial score (nSPS) is 21.7. The van der Waals surface area contributed by atoms with Gasteiger partial charge in [0, 0.05) is 23.9 Å². The predicted molar refractivity (Wildman–Crippen MR) is 72.2 cm³/mol. The fourth-order valence-electron chi connectivity index (χ4n) is 2.88. The molecule has 0 amide bonds. The number of aromatic nitrogens is 1. The first-order valence-corrected chi connectivity index (χ1v) is 8.22. The molecule has 2 heterocycles. The van der Waals surface area contributed by atoms with Gasteiger partial charge in [-0.3, -0.25) is 4.79 Å². The topological polar surface area (TPSA) is 76.4 Å². The molecule has 1 aliphatic heterocycles. The first-order valence-electron chi connectivity index (χ1n) is 6.39. The summed E-state index contributed by atoms with van der Waals surface area (Å²) in [6.45, 7) is 3.89. The van der Waals surface area contributed by atoms with Crippen LogP contribution in [-0.4, -0.2) is 35.6 Å². The molecule has 0 aromatic carbocycles. The van der Waals surface area contributed by atoms with Crippen molar-refractivity contribution in [3.8, 4) is 0 Å². The van der Waals surface area contributed by atoms with E-state index in [1.54, 1.807) is 0 Å². The zero-order valence-electron chi connectivity index (χ0n) is 11.2. The highest BCUT2D eigenvalue weighted by Gasteiger charge is 2.30. The molecule has 0 spiro atoms. The lowest BCUT2D eigenvalue weighted by atomic mass is 10.1. The quantitative estimate of drug-likeness (QED) is 0.909. The molecule has 5 nitrogen and oxygen atoms in total. The van der Waals surface area contributed by atoms with E-state index >= 15 is 0 Å². The van der Waals surface area contributed by atoms with Crippen molar-refractivity contribution in [1.82, 2.24) is 4.57 Å². The monoisotopic (exact) mass is 285 g/mol. The van der Waals surface area contributed by atoms with Crippen LogP contribution in [0.5, 0.6) is 0 Å². The highest BCUT2D eigenvalue weighted by Crippen LogP contribution is 2.29. The number of hydrogen-bond acceptors (Lipinski definition) is 3. The molecule has 0 saturated carbocycles. The molecule has 1 N–H and O–H groups in total. The maximum absolute atomic E-state index is 11.6. The van der Waals surface area contributed by atoms with Gasteiger partial charge in [-0.25, -0.2) is 8.42 Å². The third-order valence-corrected chi connectivity index (χ3v) is 5.52. The molecular formula is C13H19NO4S. The van der Waals surface area contributed by atoms with Gasteiger partial charge in [-0.15, -0.1) is 0 Å². The van der Waals surface area contributed by atoms with Crippen LogP contribution in [0.15, 0.2) is 6.07 Å². The second-order valence-corrected chi connectivity index (χ2v) is 7.45. The largest absolute Gasteiger partial charge is 0.481 e. The number of aryl methyl sites for hydroxylation is 2. The highest BCUT2D eigenvalue weighted by molar-refractivity contribution is 7.91. The summed E-state index contributed by atoms with van der Waals surface area (Å²) in [7, 11) is -2.91. The van der Waals surface area contributed by atoms with Crippen LogP contribution < -0.4 is 0 Å². The zero-order chi connectivity index (χ0) is 14.2. The molecule has 1 aromatic heterocycles. The minimum absolute atomic E-state index is 0.00331. The van der Waals surface area contributed by atoms with Crippen molar-refractivity contribution in [2.24, 2.45) is 0 Å². The summed E-state index contributed by atoms with van der Waals surface area (Å²) < 4.78 is 25.2. The number of carbonyl (C=O) groups is 1. The van der Waals surface area contributed by atoms with E-state index in [4.69, 9.17) is 5.11 Å². The first-order chi connectivity index (χ1) is 8.80. The summed E-state index contributed by atoms with van der Waals surface area (Å²) in [6, 6.07) is 1.98. The van der Waals surface area contributed by atoms with Gasteiger partial charge in [-0.2, -0.15) is 0 Å². The Balaban J connectivity index is 2.25. The summed E-state index contributed by atoms with van der Waals surface area (Å²) in [5.41, 5.74) is 3.02. The Morgan fingerprint density at radius 2 is 2.16 bits per heavy atom. The van der Waals surface area contributed by atoms with Gasteiger partial charge in [0.25, 0.3) is 0 Å². The fourth-order valence-corrected chi connectivity index (χ4v) is 4.58. The Morgan fingerprint density at radius 1 is 1.47 bits per heavy atom. The number of nitrogens with zero attached hydrogens (tertiary/aromatic N) is 1. The van der Waals surface area contributed by atoms with Gasteiger partial charge < -0.3 is 9.67 Å². The van der Waals surface area contributed by atoms with Crippen molar-refractivity contribution in [3.63, 3.8) is 0 Å². The third-order valence-electron chi connectivity index (χ3n) is 3.77. The van der Waals surface area contributed by atoms with Gasteiger partial charge in [0.2, 0.25) is 0 Å². The third kappa shape index (κ3) is 3.00. The molecular weight excluding hydrogens is 266 g/mol. The van der Waals surface area contributed by atoms with Gasteiger partial charge in [-0.1, -0.05) is 0 Å². The molecule has 1 saturated heterocycles. The number of aliphatic carboxylic acids is 1. The van der Waals surface area contributed by atoms with E-state index in [-0.39, 0.29) is 24.0 Å². The summed E-state index contributed by atoms with van der Waals surface area (Å²) in [5.74, 6) is -0.366. The predicted octanol–water partition coefficient (Wildman–Crippen LogP) is 1.48. The molecule has 2 rings (SSSR count). The maximum atomic E-state index is 11.6. The number of carboxylic acid groups (broad SMARTS) is 1. The molecule has 1 fully saturated rings. The average Bonchev–Trinajstić information content (AvgIpc) is 2.76. The van der Waals surface area contributed by atoms with E-state index < -0.39 is 15.8 Å². The van der Waals surface area contributed by atoms with Crippen LogP contribution in [0.2, 0.25) is 0 Å². The van der Waals surface area contributed by atoms with Gasteiger partial charge in [0.1, 0.15) is 0 Å². The number of carboxylic acids is 1. The smallest absolute Gasteiger partial charge is 0.303 e. The highest BCUT2D eigenvalue weighted by atomic mass is 32.2. The molecule has 106 valence electrons. The van der Waals surface area contributed by atoms with Gasteiger partial charge in [-0.05, 0) is 38.3 Å².